The van der Waals surface area contributed by atoms with E-state index in [0.717, 1.165) is 60.0 Å². The van der Waals surface area contributed by atoms with Gasteiger partial charge in [0, 0.05) is 0 Å². The Hall–Kier alpha value is -2.94. The molecule has 3 heteroatoms. The molecule has 1 aromatic heterocycles. The topological polar surface area (TPSA) is 37.9 Å². The van der Waals surface area contributed by atoms with Crippen molar-refractivity contribution in [3.8, 4) is 0 Å². The molecule has 0 unspecified atom stereocenters. The van der Waals surface area contributed by atoms with Crippen LogP contribution >= 0.6 is 0 Å². The van der Waals surface area contributed by atoms with E-state index in [-0.39, 0.29) is 0 Å². The Balaban J connectivity index is 1.96. The molecule has 0 N–H and O–H groups in total. The van der Waals surface area contributed by atoms with E-state index in [1.165, 1.54) is 22.3 Å². The van der Waals surface area contributed by atoms with Crippen molar-refractivity contribution in [2.24, 2.45) is 9.98 Å². The van der Waals surface area contributed by atoms with Gasteiger partial charge in [-0.15, -0.1) is 0 Å². The quantitative estimate of drug-likeness (QED) is 0.346. The number of aryl methyl sites for hydroxylation is 4. The third kappa shape index (κ3) is 5.04. The predicted octanol–water partition coefficient (Wildman–Crippen LogP) is 7.81. The van der Waals surface area contributed by atoms with Gasteiger partial charge >= 0.3 is 0 Å². The zero-order valence-electron chi connectivity index (χ0n) is 19.7. The van der Waals surface area contributed by atoms with Crippen LogP contribution in [-0.4, -0.2) is 11.4 Å². The molecule has 0 amide bonds. The lowest BCUT2D eigenvalue weighted by Crippen LogP contribution is -1.97. The smallest absolute Gasteiger partial charge is 0.148 e. The van der Waals surface area contributed by atoms with Gasteiger partial charge in [-0.3, -0.25) is 0 Å². The van der Waals surface area contributed by atoms with Crippen LogP contribution in [0.3, 0.4) is 0 Å². The SMILES string of the molecule is CCc1cccc(CC)c1/N=C(\C)c1ccc(/C(C)=N/c2c(CC)cccc2CC)o1. The van der Waals surface area contributed by atoms with Crippen molar-refractivity contribution in [1.82, 2.24) is 0 Å². The Morgan fingerprint density at radius 3 is 1.19 bits per heavy atom. The molecule has 3 nitrogen and oxygen atoms in total. The van der Waals surface area contributed by atoms with Gasteiger partial charge in [-0.05, 0) is 73.9 Å². The van der Waals surface area contributed by atoms with E-state index in [9.17, 15) is 0 Å². The molecule has 2 aromatic carbocycles. The fourth-order valence-electron chi connectivity index (χ4n) is 3.89. The van der Waals surface area contributed by atoms with E-state index in [0.29, 0.717) is 0 Å². The van der Waals surface area contributed by atoms with Crippen molar-refractivity contribution in [2.45, 2.75) is 67.2 Å². The average molecular weight is 415 g/mol. The molecule has 0 aliphatic carbocycles. The van der Waals surface area contributed by atoms with E-state index in [4.69, 9.17) is 14.4 Å². The molecule has 31 heavy (non-hydrogen) atoms. The van der Waals surface area contributed by atoms with E-state index in [2.05, 4.69) is 64.1 Å². The normalized spacial score (nSPS) is 12.5. The highest BCUT2D eigenvalue weighted by Crippen LogP contribution is 2.29. The zero-order valence-corrected chi connectivity index (χ0v) is 19.7. The zero-order chi connectivity index (χ0) is 22.4. The van der Waals surface area contributed by atoms with Crippen LogP contribution in [0.4, 0.5) is 11.4 Å². The van der Waals surface area contributed by atoms with Crippen LogP contribution in [0.1, 0.15) is 75.3 Å². The van der Waals surface area contributed by atoms with Gasteiger partial charge in [0.05, 0.1) is 22.8 Å². The number of hydrogen-bond donors (Lipinski definition) is 0. The van der Waals surface area contributed by atoms with E-state index >= 15 is 0 Å². The molecule has 0 fully saturated rings. The van der Waals surface area contributed by atoms with Crippen LogP contribution < -0.4 is 0 Å². The number of nitrogens with zero attached hydrogens (tertiary/aromatic N) is 2. The minimum Gasteiger partial charge on any atom is -0.454 e. The van der Waals surface area contributed by atoms with Crippen LogP contribution in [-0.2, 0) is 25.7 Å². The number of aliphatic imine (C=N–C) groups is 2. The predicted molar refractivity (Wildman–Crippen MR) is 133 cm³/mol. The van der Waals surface area contributed by atoms with E-state index in [1.807, 2.05) is 26.0 Å². The van der Waals surface area contributed by atoms with Crippen LogP contribution in [0.5, 0.6) is 0 Å². The molecule has 1 heterocycles. The fraction of sp³-hybridized carbons (Fsp3) is 0.357. The number of benzene rings is 2. The Labute approximate surface area is 187 Å². The molecule has 0 atom stereocenters. The van der Waals surface area contributed by atoms with Gasteiger partial charge in [-0.25, -0.2) is 9.98 Å². The Morgan fingerprint density at radius 1 is 0.581 bits per heavy atom. The molecule has 0 aliphatic rings. The van der Waals surface area contributed by atoms with Crippen LogP contribution in [0.2, 0.25) is 0 Å². The Bertz CT molecular complexity index is 971. The molecular formula is C28H34N2O. The lowest BCUT2D eigenvalue weighted by molar-refractivity contribution is 0.547. The van der Waals surface area contributed by atoms with Crippen LogP contribution in [0, 0.1) is 0 Å². The monoisotopic (exact) mass is 414 g/mol. The van der Waals surface area contributed by atoms with Gasteiger partial charge in [0.25, 0.3) is 0 Å². The fourth-order valence-corrected chi connectivity index (χ4v) is 3.89. The molecule has 0 spiro atoms. The highest BCUT2D eigenvalue weighted by Gasteiger charge is 2.12. The summed E-state index contributed by atoms with van der Waals surface area (Å²) in [5, 5.41) is 0. The largest absolute Gasteiger partial charge is 0.454 e. The molecule has 0 aliphatic heterocycles. The highest BCUT2D eigenvalue weighted by atomic mass is 16.3. The summed E-state index contributed by atoms with van der Waals surface area (Å²) in [6.45, 7) is 12.7. The highest BCUT2D eigenvalue weighted by molar-refractivity contribution is 6.02. The summed E-state index contributed by atoms with van der Waals surface area (Å²) >= 11 is 0. The summed E-state index contributed by atoms with van der Waals surface area (Å²) in [4.78, 5) is 9.93. The van der Waals surface area contributed by atoms with Crippen LogP contribution in [0.15, 0.2) is 62.9 Å². The van der Waals surface area contributed by atoms with Gasteiger partial charge in [-0.1, -0.05) is 64.1 Å². The second-order valence-electron chi connectivity index (χ2n) is 7.82. The molecule has 3 rings (SSSR count). The molecule has 0 saturated carbocycles. The second-order valence-corrected chi connectivity index (χ2v) is 7.82. The number of furan rings is 1. The van der Waals surface area contributed by atoms with Gasteiger partial charge in [0.15, 0.2) is 0 Å². The molecular weight excluding hydrogens is 380 g/mol. The maximum atomic E-state index is 6.18. The average Bonchev–Trinajstić information content (AvgIpc) is 3.30. The van der Waals surface area contributed by atoms with Gasteiger partial charge in [0.1, 0.15) is 11.5 Å². The summed E-state index contributed by atoms with van der Waals surface area (Å²) in [6.07, 6.45) is 3.86. The number of para-hydroxylation sites is 2. The van der Waals surface area contributed by atoms with Crippen molar-refractivity contribution in [3.63, 3.8) is 0 Å². The van der Waals surface area contributed by atoms with Crippen molar-refractivity contribution in [2.75, 3.05) is 0 Å². The lowest BCUT2D eigenvalue weighted by atomic mass is 10.0. The Kier molecular flexibility index (Phi) is 7.62. The van der Waals surface area contributed by atoms with Gasteiger partial charge in [0.2, 0.25) is 0 Å². The molecule has 0 bridgehead atoms. The van der Waals surface area contributed by atoms with E-state index < -0.39 is 0 Å². The van der Waals surface area contributed by atoms with Crippen molar-refractivity contribution >= 4 is 22.8 Å². The lowest BCUT2D eigenvalue weighted by Gasteiger charge is -2.10. The maximum Gasteiger partial charge on any atom is 0.148 e. The maximum absolute atomic E-state index is 6.18. The van der Waals surface area contributed by atoms with Gasteiger partial charge in [-0.2, -0.15) is 0 Å². The first kappa shape index (κ1) is 22.7. The van der Waals surface area contributed by atoms with E-state index in [1.54, 1.807) is 0 Å². The van der Waals surface area contributed by atoms with Gasteiger partial charge < -0.3 is 4.42 Å². The van der Waals surface area contributed by atoms with Crippen LogP contribution in [0.25, 0.3) is 0 Å². The molecule has 0 radical (unpaired) electrons. The summed E-state index contributed by atoms with van der Waals surface area (Å²) in [5.41, 5.74) is 9.02. The second kappa shape index (κ2) is 10.4. The molecule has 162 valence electrons. The number of hydrogen-bond acceptors (Lipinski definition) is 3. The third-order valence-corrected chi connectivity index (χ3v) is 5.81. The molecule has 0 saturated heterocycles. The van der Waals surface area contributed by atoms with Crippen molar-refractivity contribution < 1.29 is 4.42 Å². The minimum absolute atomic E-state index is 0.789. The summed E-state index contributed by atoms with van der Waals surface area (Å²) < 4.78 is 6.18. The third-order valence-electron chi connectivity index (χ3n) is 5.81. The van der Waals surface area contributed by atoms with Crippen molar-refractivity contribution in [1.29, 1.82) is 0 Å². The summed E-state index contributed by atoms with van der Waals surface area (Å²) in [7, 11) is 0. The first-order valence-electron chi connectivity index (χ1n) is 11.4. The van der Waals surface area contributed by atoms with Crippen molar-refractivity contribution in [3.05, 3.63) is 82.3 Å². The Morgan fingerprint density at radius 2 is 0.903 bits per heavy atom. The number of rotatable bonds is 8. The summed E-state index contributed by atoms with van der Waals surface area (Å²) in [6, 6.07) is 16.9. The minimum atomic E-state index is 0.789. The standard InChI is InChI=1S/C28H34N2O/c1-7-21-13-11-14-22(8-2)27(21)29-19(5)25-17-18-26(31-25)20(6)30-28-23(9-3)15-12-16-24(28)10-4/h11-18H,7-10H2,1-6H3/b29-19+,30-20+. The first-order valence-corrected chi connectivity index (χ1v) is 11.4. The first-order chi connectivity index (χ1) is 15.0. The molecule has 3 aromatic rings. The summed E-state index contributed by atoms with van der Waals surface area (Å²) in [5.74, 6) is 1.58.